The number of hydrogen-bond donors (Lipinski definition) is 1. The van der Waals surface area contributed by atoms with Crippen molar-refractivity contribution in [2.45, 2.75) is 0 Å². The zero-order valence-electron chi connectivity index (χ0n) is 8.65. The highest BCUT2D eigenvalue weighted by Crippen LogP contribution is 2.19. The van der Waals surface area contributed by atoms with E-state index in [9.17, 15) is 9.18 Å². The maximum absolute atomic E-state index is 12.9. The molecule has 0 atom stereocenters. The zero-order chi connectivity index (χ0) is 12.3. The molecular weight excluding hydrogens is 243 g/mol. The number of hydrogen-bond acceptors (Lipinski definition) is 2. The van der Waals surface area contributed by atoms with Gasteiger partial charge in [-0.05, 0) is 30.3 Å². The molecule has 3 nitrogen and oxygen atoms in total. The van der Waals surface area contributed by atoms with Crippen LogP contribution in [0.3, 0.4) is 0 Å². The molecule has 2 rings (SSSR count). The van der Waals surface area contributed by atoms with Crippen molar-refractivity contribution in [3.05, 3.63) is 59.1 Å². The molecule has 1 N–H and O–H groups in total. The number of pyridine rings is 1. The minimum absolute atomic E-state index is 0.0333. The number of amides is 1. The van der Waals surface area contributed by atoms with Crippen LogP contribution in [-0.4, -0.2) is 10.9 Å². The lowest BCUT2D eigenvalue weighted by molar-refractivity contribution is 0.102. The van der Waals surface area contributed by atoms with Crippen LogP contribution in [0.15, 0.2) is 42.7 Å². The topological polar surface area (TPSA) is 42.0 Å². The number of nitrogens with zero attached hydrogens (tertiary/aromatic N) is 1. The van der Waals surface area contributed by atoms with Crippen LogP contribution in [0.5, 0.6) is 0 Å². The van der Waals surface area contributed by atoms with Crippen LogP contribution >= 0.6 is 11.6 Å². The molecule has 0 aliphatic rings. The summed E-state index contributed by atoms with van der Waals surface area (Å²) in [6.07, 6.45) is 3.02. The van der Waals surface area contributed by atoms with Crippen LogP contribution in [0, 0.1) is 5.82 Å². The number of halogens is 2. The minimum Gasteiger partial charge on any atom is -0.322 e. The van der Waals surface area contributed by atoms with Gasteiger partial charge in [-0.1, -0.05) is 11.6 Å². The van der Waals surface area contributed by atoms with Gasteiger partial charge in [0.2, 0.25) is 0 Å². The molecular formula is C12H8ClFN2O. The molecule has 2 aromatic rings. The fraction of sp³-hybridized carbons (Fsp3) is 0. The third-order valence-corrected chi connectivity index (χ3v) is 2.39. The Labute approximate surface area is 102 Å². The van der Waals surface area contributed by atoms with Gasteiger partial charge in [0.1, 0.15) is 5.82 Å². The Kier molecular flexibility index (Phi) is 3.35. The number of aromatic nitrogens is 1. The molecule has 0 radical (unpaired) electrons. The fourth-order valence-corrected chi connectivity index (χ4v) is 1.45. The molecule has 0 fully saturated rings. The van der Waals surface area contributed by atoms with Crippen molar-refractivity contribution in [1.29, 1.82) is 0 Å². The van der Waals surface area contributed by atoms with Gasteiger partial charge >= 0.3 is 0 Å². The molecule has 0 spiro atoms. The van der Waals surface area contributed by atoms with E-state index in [1.807, 2.05) is 0 Å². The first-order chi connectivity index (χ1) is 8.16. The predicted octanol–water partition coefficient (Wildman–Crippen LogP) is 3.13. The molecule has 0 unspecified atom stereocenters. The number of rotatable bonds is 2. The summed E-state index contributed by atoms with van der Waals surface area (Å²) in [5.41, 5.74) is 0.859. The van der Waals surface area contributed by atoms with Crippen molar-refractivity contribution < 1.29 is 9.18 Å². The fourth-order valence-electron chi connectivity index (χ4n) is 1.27. The number of anilines is 1. The largest absolute Gasteiger partial charge is 0.322 e. The lowest BCUT2D eigenvalue weighted by atomic mass is 10.2. The first-order valence-electron chi connectivity index (χ1n) is 4.83. The van der Waals surface area contributed by atoms with Crippen molar-refractivity contribution in [2.75, 3.05) is 5.32 Å². The van der Waals surface area contributed by atoms with Crippen molar-refractivity contribution in [1.82, 2.24) is 4.98 Å². The smallest absolute Gasteiger partial charge is 0.257 e. The SMILES string of the molecule is O=C(Nc1ccc(F)c(Cl)c1)c1cccnc1. The van der Waals surface area contributed by atoms with Gasteiger partial charge < -0.3 is 5.32 Å². The molecule has 0 bridgehead atoms. The van der Waals surface area contributed by atoms with Crippen LogP contribution in [0.2, 0.25) is 5.02 Å². The van der Waals surface area contributed by atoms with E-state index in [0.29, 0.717) is 11.3 Å². The molecule has 0 aliphatic carbocycles. The number of carbonyl (C=O) groups excluding carboxylic acids is 1. The number of benzene rings is 1. The van der Waals surface area contributed by atoms with Crippen LogP contribution in [0.4, 0.5) is 10.1 Å². The van der Waals surface area contributed by atoms with Gasteiger partial charge in [0.25, 0.3) is 5.91 Å². The average molecular weight is 251 g/mol. The van der Waals surface area contributed by atoms with Crippen molar-refractivity contribution in [2.24, 2.45) is 0 Å². The van der Waals surface area contributed by atoms with E-state index in [-0.39, 0.29) is 10.9 Å². The van der Waals surface area contributed by atoms with E-state index in [0.717, 1.165) is 0 Å². The first-order valence-corrected chi connectivity index (χ1v) is 5.21. The molecule has 1 aromatic heterocycles. The van der Waals surface area contributed by atoms with Gasteiger partial charge in [0.15, 0.2) is 0 Å². The van der Waals surface area contributed by atoms with E-state index in [1.54, 1.807) is 18.3 Å². The minimum atomic E-state index is -0.522. The molecule has 0 aliphatic heterocycles. The molecule has 5 heteroatoms. The van der Waals surface area contributed by atoms with Crippen molar-refractivity contribution in [3.8, 4) is 0 Å². The normalized spacial score (nSPS) is 10.0. The Hall–Kier alpha value is -1.94. The van der Waals surface area contributed by atoms with Crippen LogP contribution in [-0.2, 0) is 0 Å². The monoisotopic (exact) mass is 250 g/mol. The van der Waals surface area contributed by atoms with Gasteiger partial charge in [0.05, 0.1) is 10.6 Å². The summed E-state index contributed by atoms with van der Waals surface area (Å²) in [5.74, 6) is -0.841. The van der Waals surface area contributed by atoms with E-state index in [2.05, 4.69) is 10.3 Å². The highest BCUT2D eigenvalue weighted by Gasteiger charge is 2.07. The number of carbonyl (C=O) groups is 1. The second-order valence-corrected chi connectivity index (χ2v) is 3.73. The van der Waals surface area contributed by atoms with Gasteiger partial charge in [-0.2, -0.15) is 0 Å². The molecule has 1 amide bonds. The van der Waals surface area contributed by atoms with Gasteiger partial charge in [-0.15, -0.1) is 0 Å². The quantitative estimate of drug-likeness (QED) is 0.890. The Bertz CT molecular complexity index is 545. The van der Waals surface area contributed by atoms with Gasteiger partial charge in [-0.25, -0.2) is 4.39 Å². The summed E-state index contributed by atoms with van der Waals surface area (Å²) in [7, 11) is 0. The first kappa shape index (κ1) is 11.5. The molecule has 86 valence electrons. The third-order valence-electron chi connectivity index (χ3n) is 2.10. The molecule has 1 aromatic carbocycles. The number of nitrogens with one attached hydrogen (secondary N) is 1. The lowest BCUT2D eigenvalue weighted by Crippen LogP contribution is -2.11. The molecule has 0 saturated heterocycles. The Morgan fingerprint density at radius 1 is 1.35 bits per heavy atom. The van der Waals surface area contributed by atoms with Crippen molar-refractivity contribution >= 4 is 23.2 Å². The summed E-state index contributed by atoms with van der Waals surface area (Å²) >= 11 is 5.60. The molecule has 1 heterocycles. The molecule has 17 heavy (non-hydrogen) atoms. The lowest BCUT2D eigenvalue weighted by Gasteiger charge is -2.05. The Morgan fingerprint density at radius 2 is 2.18 bits per heavy atom. The average Bonchev–Trinajstić information content (AvgIpc) is 2.35. The summed E-state index contributed by atoms with van der Waals surface area (Å²) in [4.78, 5) is 15.6. The van der Waals surface area contributed by atoms with Crippen molar-refractivity contribution in [3.63, 3.8) is 0 Å². The summed E-state index contributed by atoms with van der Waals surface area (Å²) < 4.78 is 12.9. The highest BCUT2D eigenvalue weighted by atomic mass is 35.5. The van der Waals surface area contributed by atoms with Gasteiger partial charge in [0, 0.05) is 18.1 Å². The third kappa shape index (κ3) is 2.79. The maximum Gasteiger partial charge on any atom is 0.257 e. The second kappa shape index (κ2) is 4.93. The summed E-state index contributed by atoms with van der Waals surface area (Å²) in [5, 5.41) is 2.56. The summed E-state index contributed by atoms with van der Waals surface area (Å²) in [6.45, 7) is 0. The zero-order valence-corrected chi connectivity index (χ0v) is 9.41. The van der Waals surface area contributed by atoms with E-state index in [1.165, 1.54) is 24.4 Å². The Morgan fingerprint density at radius 3 is 2.82 bits per heavy atom. The standard InChI is InChI=1S/C12H8ClFN2O/c13-10-6-9(3-4-11(10)14)16-12(17)8-2-1-5-15-7-8/h1-7H,(H,16,17). The van der Waals surface area contributed by atoms with E-state index in [4.69, 9.17) is 11.6 Å². The predicted molar refractivity (Wildman–Crippen MR) is 63.6 cm³/mol. The maximum atomic E-state index is 12.9. The second-order valence-electron chi connectivity index (χ2n) is 3.32. The Balaban J connectivity index is 2.16. The van der Waals surface area contributed by atoms with E-state index >= 15 is 0 Å². The molecule has 0 saturated carbocycles. The van der Waals surface area contributed by atoms with Crippen LogP contribution in [0.25, 0.3) is 0 Å². The van der Waals surface area contributed by atoms with Crippen LogP contribution < -0.4 is 5.32 Å². The summed E-state index contributed by atoms with van der Waals surface area (Å²) in [6, 6.07) is 7.28. The van der Waals surface area contributed by atoms with E-state index < -0.39 is 5.82 Å². The van der Waals surface area contributed by atoms with Crippen LogP contribution in [0.1, 0.15) is 10.4 Å². The van der Waals surface area contributed by atoms with Gasteiger partial charge in [-0.3, -0.25) is 9.78 Å². The highest BCUT2D eigenvalue weighted by molar-refractivity contribution is 6.31.